The van der Waals surface area contributed by atoms with Crippen LogP contribution in [0.4, 0.5) is 0 Å². The largest absolute Gasteiger partial charge is 0.493 e. The Kier molecular flexibility index (Phi) is 9.92. The maximum Gasteiger partial charge on any atom is 0.423 e. The van der Waals surface area contributed by atoms with Gasteiger partial charge in [0.1, 0.15) is 0 Å². The van der Waals surface area contributed by atoms with Crippen LogP contribution >= 0.6 is 23.2 Å². The molecule has 2 unspecified atom stereocenters. The summed E-state index contributed by atoms with van der Waals surface area (Å²) in [5.74, 6) is -1.16. The van der Waals surface area contributed by atoms with E-state index >= 15 is 0 Å². The van der Waals surface area contributed by atoms with Gasteiger partial charge in [-0.1, -0.05) is 60.3 Å². The summed E-state index contributed by atoms with van der Waals surface area (Å²) in [5, 5.41) is 1.41. The van der Waals surface area contributed by atoms with Crippen molar-refractivity contribution in [2.24, 2.45) is 0 Å². The molecule has 0 spiro atoms. The van der Waals surface area contributed by atoms with Crippen molar-refractivity contribution in [1.29, 1.82) is 0 Å². The van der Waals surface area contributed by atoms with Crippen LogP contribution in [0.1, 0.15) is 84.0 Å². The van der Waals surface area contributed by atoms with E-state index in [1.165, 1.54) is 25.3 Å². The molecule has 54 heavy (non-hydrogen) atoms. The fourth-order valence-electron chi connectivity index (χ4n) is 9.82. The first-order valence-corrected chi connectivity index (χ1v) is 19.6. The SMILES string of the molecule is COc1cc2c(cc1OC(=O)C(=O)Oc1cc3c(cc1OC)CCN(C)C3C1(c3ccc(Cl)cc3)CCC1)C(C1(c3ccc(Cl)cc3)CCC1)N(C)CC2. The van der Waals surface area contributed by atoms with Gasteiger partial charge in [0.2, 0.25) is 0 Å². The normalized spacial score (nSPS) is 21.4. The molecule has 2 aliphatic heterocycles. The fraction of sp³-hybridized carbons (Fsp3) is 0.409. The first-order valence-electron chi connectivity index (χ1n) is 18.8. The minimum atomic E-state index is -1.14. The van der Waals surface area contributed by atoms with Gasteiger partial charge in [0.25, 0.3) is 0 Å². The summed E-state index contributed by atoms with van der Waals surface area (Å²) in [6.07, 6.45) is 7.98. The van der Waals surface area contributed by atoms with Crippen molar-refractivity contribution in [2.45, 2.75) is 74.3 Å². The lowest BCUT2D eigenvalue weighted by atomic mass is 9.57. The second-order valence-corrected chi connectivity index (χ2v) is 16.4. The number of likely N-dealkylation sites (N-methyl/N-ethyl adjacent to an activating group) is 2. The lowest BCUT2D eigenvalue weighted by Gasteiger charge is -2.53. The van der Waals surface area contributed by atoms with Crippen LogP contribution in [0.3, 0.4) is 0 Å². The predicted molar refractivity (Wildman–Crippen MR) is 209 cm³/mol. The Labute approximate surface area is 327 Å². The lowest BCUT2D eigenvalue weighted by Crippen LogP contribution is -2.49. The number of ether oxygens (including phenoxy) is 4. The summed E-state index contributed by atoms with van der Waals surface area (Å²) >= 11 is 12.6. The van der Waals surface area contributed by atoms with Crippen molar-refractivity contribution < 1.29 is 28.5 Å². The molecule has 282 valence electrons. The van der Waals surface area contributed by atoms with Crippen molar-refractivity contribution in [3.8, 4) is 23.0 Å². The number of carbonyl (C=O) groups excluding carboxylic acids is 2. The first-order chi connectivity index (χ1) is 26.1. The van der Waals surface area contributed by atoms with Gasteiger partial charge in [-0.2, -0.15) is 0 Å². The van der Waals surface area contributed by atoms with E-state index < -0.39 is 11.9 Å². The zero-order valence-electron chi connectivity index (χ0n) is 31.3. The van der Waals surface area contributed by atoms with Gasteiger partial charge in [0, 0.05) is 46.0 Å². The molecule has 0 N–H and O–H groups in total. The zero-order chi connectivity index (χ0) is 37.8. The van der Waals surface area contributed by atoms with Crippen LogP contribution in [0, 0.1) is 0 Å². The summed E-state index contributed by atoms with van der Waals surface area (Å²) in [6, 6.07) is 24.0. The lowest BCUT2D eigenvalue weighted by molar-refractivity contribution is -0.156. The van der Waals surface area contributed by atoms with Gasteiger partial charge < -0.3 is 18.9 Å². The Morgan fingerprint density at radius 1 is 0.593 bits per heavy atom. The Hall–Kier alpha value is -4.08. The highest BCUT2D eigenvalue weighted by molar-refractivity contribution is 6.31. The van der Waals surface area contributed by atoms with Crippen LogP contribution in [0.15, 0.2) is 72.8 Å². The number of methoxy groups -OCH3 is 2. The van der Waals surface area contributed by atoms with Gasteiger partial charge in [-0.15, -0.1) is 0 Å². The maximum absolute atomic E-state index is 13.6. The van der Waals surface area contributed by atoms with Gasteiger partial charge >= 0.3 is 11.9 Å². The molecule has 8 rings (SSSR count). The molecule has 10 heteroatoms. The monoisotopic (exact) mass is 768 g/mol. The number of fused-ring (bicyclic) bond motifs is 2. The van der Waals surface area contributed by atoms with Gasteiger partial charge in [-0.05, 0) is 135 Å². The van der Waals surface area contributed by atoms with E-state index in [4.69, 9.17) is 42.1 Å². The third-order valence-electron chi connectivity index (χ3n) is 12.7. The predicted octanol–water partition coefficient (Wildman–Crippen LogP) is 8.82. The highest BCUT2D eigenvalue weighted by Crippen LogP contribution is 2.58. The number of rotatable bonds is 8. The number of nitrogens with zero attached hydrogens (tertiary/aromatic N) is 2. The molecule has 0 bridgehead atoms. The maximum atomic E-state index is 13.6. The average molecular weight is 770 g/mol. The Bertz CT molecular complexity index is 1930. The van der Waals surface area contributed by atoms with Gasteiger partial charge in [0.05, 0.1) is 14.2 Å². The van der Waals surface area contributed by atoms with E-state index in [2.05, 4.69) is 48.2 Å². The first kappa shape index (κ1) is 36.9. The summed E-state index contributed by atoms with van der Waals surface area (Å²) in [7, 11) is 7.37. The molecule has 0 amide bonds. The zero-order valence-corrected chi connectivity index (χ0v) is 32.8. The standard InChI is InChI=1S/C44H46Cl2N2O6/c1-47-21-15-27-23-35(51-3)37(25-33(27)39(47)43(17-5-18-43)29-7-11-31(45)12-8-29)53-41(49)42(50)54-38-26-34-28(24-36(38)52-4)16-22-48(2)40(34)44(19-6-20-44)30-9-13-32(46)14-10-30/h7-14,23-26,39-40H,5-6,15-22H2,1-4H3. The fourth-order valence-corrected chi connectivity index (χ4v) is 10.1. The number of hydrogen-bond donors (Lipinski definition) is 0. The quantitative estimate of drug-likeness (QED) is 0.100. The van der Waals surface area contributed by atoms with E-state index in [1.54, 1.807) is 0 Å². The van der Waals surface area contributed by atoms with Crippen LogP contribution in [-0.2, 0) is 33.3 Å². The minimum absolute atomic E-state index is 0.0316. The molecule has 8 nitrogen and oxygen atoms in total. The molecule has 2 fully saturated rings. The third-order valence-corrected chi connectivity index (χ3v) is 13.2. The number of esters is 2. The topological polar surface area (TPSA) is 77.5 Å². The third kappa shape index (κ3) is 6.25. The summed E-state index contributed by atoms with van der Waals surface area (Å²) in [6.45, 7) is 1.75. The Morgan fingerprint density at radius 3 is 1.28 bits per heavy atom. The molecule has 2 saturated carbocycles. The summed E-state index contributed by atoms with van der Waals surface area (Å²) in [5.41, 5.74) is 6.64. The van der Waals surface area contributed by atoms with Crippen molar-refractivity contribution in [1.82, 2.24) is 9.80 Å². The molecule has 4 aliphatic rings. The molecule has 0 aromatic heterocycles. The van der Waals surface area contributed by atoms with Crippen LogP contribution in [0.2, 0.25) is 10.0 Å². The summed E-state index contributed by atoms with van der Waals surface area (Å²) < 4.78 is 23.1. The number of carbonyl (C=O) groups is 2. The minimum Gasteiger partial charge on any atom is -0.493 e. The highest BCUT2D eigenvalue weighted by atomic mass is 35.5. The van der Waals surface area contributed by atoms with Crippen LogP contribution in [0.25, 0.3) is 0 Å². The van der Waals surface area contributed by atoms with Crippen LogP contribution < -0.4 is 18.9 Å². The second kappa shape index (κ2) is 14.5. The van der Waals surface area contributed by atoms with E-state index in [-0.39, 0.29) is 34.4 Å². The highest BCUT2D eigenvalue weighted by Gasteiger charge is 2.51. The summed E-state index contributed by atoms with van der Waals surface area (Å²) in [4.78, 5) is 32.0. The molecule has 0 saturated heterocycles. The van der Waals surface area contributed by atoms with Crippen molar-refractivity contribution >= 4 is 35.1 Å². The number of hydrogen-bond acceptors (Lipinski definition) is 8. The number of benzene rings is 4. The van der Waals surface area contributed by atoms with E-state index in [0.717, 1.165) is 86.7 Å². The van der Waals surface area contributed by atoms with Gasteiger partial charge in [0.15, 0.2) is 23.0 Å². The molecule has 2 heterocycles. The van der Waals surface area contributed by atoms with Gasteiger partial charge in [-0.3, -0.25) is 9.80 Å². The van der Waals surface area contributed by atoms with E-state index in [1.807, 2.05) is 48.5 Å². The molecule has 4 aromatic carbocycles. The molecular weight excluding hydrogens is 723 g/mol. The molecule has 0 radical (unpaired) electrons. The molecule has 2 atom stereocenters. The number of halogens is 2. The second-order valence-electron chi connectivity index (χ2n) is 15.5. The Balaban J connectivity index is 1.09. The Morgan fingerprint density at radius 2 is 0.963 bits per heavy atom. The molecular formula is C44H46Cl2N2O6. The molecule has 2 aliphatic carbocycles. The van der Waals surface area contributed by atoms with Crippen molar-refractivity contribution in [2.75, 3.05) is 41.4 Å². The van der Waals surface area contributed by atoms with E-state index in [9.17, 15) is 9.59 Å². The van der Waals surface area contributed by atoms with Crippen molar-refractivity contribution in [3.05, 3.63) is 116 Å². The van der Waals surface area contributed by atoms with Crippen LogP contribution in [0.5, 0.6) is 23.0 Å². The van der Waals surface area contributed by atoms with Crippen LogP contribution in [-0.4, -0.2) is 63.1 Å². The van der Waals surface area contributed by atoms with Gasteiger partial charge in [-0.25, -0.2) is 9.59 Å². The average Bonchev–Trinajstić information content (AvgIpc) is 3.13. The van der Waals surface area contributed by atoms with Crippen molar-refractivity contribution in [3.63, 3.8) is 0 Å². The van der Waals surface area contributed by atoms with E-state index in [0.29, 0.717) is 21.5 Å². The molecule has 4 aromatic rings. The smallest absolute Gasteiger partial charge is 0.423 e.